The first kappa shape index (κ1) is 11.1. The first-order valence-corrected chi connectivity index (χ1v) is 4.78. The molecule has 0 atom stereocenters. The molecule has 14 heavy (non-hydrogen) atoms. The maximum atomic E-state index is 6.09. The fourth-order valence-corrected chi connectivity index (χ4v) is 1.45. The monoisotopic (exact) mass is 211 g/mol. The van der Waals surface area contributed by atoms with Gasteiger partial charge in [-0.15, -0.1) is 0 Å². The number of nitrogens with two attached hydrogens (primary N) is 1. The lowest BCUT2D eigenvalue weighted by Crippen LogP contribution is -1.94. The minimum atomic E-state index is 0.509. The van der Waals surface area contributed by atoms with E-state index >= 15 is 0 Å². The molecule has 0 aliphatic heterocycles. The molecule has 0 saturated heterocycles. The SMILES string of the molecule is COc1c(/C=C/CN)ccc(C)c1Cl. The average Bonchev–Trinajstić information content (AvgIpc) is 2.20. The molecule has 0 aromatic heterocycles. The zero-order valence-corrected chi connectivity index (χ0v) is 9.14. The van der Waals surface area contributed by atoms with Crippen molar-refractivity contribution in [3.8, 4) is 5.75 Å². The Bertz CT molecular complexity index is 347. The Hall–Kier alpha value is -0.990. The highest BCUT2D eigenvalue weighted by Gasteiger charge is 2.07. The van der Waals surface area contributed by atoms with Crippen molar-refractivity contribution in [2.24, 2.45) is 5.73 Å². The highest BCUT2D eigenvalue weighted by atomic mass is 35.5. The van der Waals surface area contributed by atoms with Gasteiger partial charge in [-0.3, -0.25) is 0 Å². The van der Waals surface area contributed by atoms with E-state index in [1.54, 1.807) is 7.11 Å². The van der Waals surface area contributed by atoms with Gasteiger partial charge in [-0.05, 0) is 12.5 Å². The molecule has 2 nitrogen and oxygen atoms in total. The average molecular weight is 212 g/mol. The molecule has 3 heteroatoms. The van der Waals surface area contributed by atoms with Crippen LogP contribution in [0.15, 0.2) is 18.2 Å². The van der Waals surface area contributed by atoms with Crippen LogP contribution in [0.2, 0.25) is 5.02 Å². The zero-order chi connectivity index (χ0) is 10.6. The van der Waals surface area contributed by atoms with Crippen LogP contribution in [0.3, 0.4) is 0 Å². The third-order valence-electron chi connectivity index (χ3n) is 1.96. The molecule has 0 fully saturated rings. The number of halogens is 1. The molecule has 0 aliphatic rings. The van der Waals surface area contributed by atoms with Crippen LogP contribution in [0.1, 0.15) is 11.1 Å². The number of hydrogen-bond donors (Lipinski definition) is 1. The van der Waals surface area contributed by atoms with Crippen molar-refractivity contribution >= 4 is 17.7 Å². The lowest BCUT2D eigenvalue weighted by atomic mass is 10.1. The van der Waals surface area contributed by atoms with Crippen LogP contribution in [0.4, 0.5) is 0 Å². The molecule has 1 aromatic carbocycles. The Morgan fingerprint density at radius 1 is 1.50 bits per heavy atom. The highest BCUT2D eigenvalue weighted by molar-refractivity contribution is 6.33. The van der Waals surface area contributed by atoms with Gasteiger partial charge in [0.2, 0.25) is 0 Å². The van der Waals surface area contributed by atoms with Crippen molar-refractivity contribution in [3.63, 3.8) is 0 Å². The quantitative estimate of drug-likeness (QED) is 0.834. The zero-order valence-electron chi connectivity index (χ0n) is 8.38. The maximum Gasteiger partial charge on any atom is 0.144 e. The number of ether oxygens (including phenoxy) is 1. The Morgan fingerprint density at radius 2 is 2.21 bits per heavy atom. The van der Waals surface area contributed by atoms with Crippen molar-refractivity contribution in [1.29, 1.82) is 0 Å². The summed E-state index contributed by atoms with van der Waals surface area (Å²) in [6.07, 6.45) is 3.77. The molecule has 0 unspecified atom stereocenters. The van der Waals surface area contributed by atoms with Crippen molar-refractivity contribution in [2.75, 3.05) is 13.7 Å². The molecule has 76 valence electrons. The summed E-state index contributed by atoms with van der Waals surface area (Å²) >= 11 is 6.09. The van der Waals surface area contributed by atoms with E-state index in [0.717, 1.165) is 11.1 Å². The molecule has 0 aliphatic carbocycles. The van der Waals surface area contributed by atoms with Crippen molar-refractivity contribution in [1.82, 2.24) is 0 Å². The van der Waals surface area contributed by atoms with Gasteiger partial charge in [0, 0.05) is 12.1 Å². The van der Waals surface area contributed by atoms with Gasteiger partial charge in [0.15, 0.2) is 0 Å². The predicted octanol–water partition coefficient (Wildman–Crippen LogP) is 2.63. The van der Waals surface area contributed by atoms with E-state index < -0.39 is 0 Å². The number of aryl methyl sites for hydroxylation is 1. The van der Waals surface area contributed by atoms with Gasteiger partial charge >= 0.3 is 0 Å². The van der Waals surface area contributed by atoms with Gasteiger partial charge in [0.05, 0.1) is 12.1 Å². The van der Waals surface area contributed by atoms with E-state index in [-0.39, 0.29) is 0 Å². The summed E-state index contributed by atoms with van der Waals surface area (Å²) in [4.78, 5) is 0. The molecule has 0 heterocycles. The summed E-state index contributed by atoms with van der Waals surface area (Å²) in [5.74, 6) is 0.705. The smallest absolute Gasteiger partial charge is 0.144 e. The van der Waals surface area contributed by atoms with E-state index in [1.807, 2.05) is 31.2 Å². The lowest BCUT2D eigenvalue weighted by Gasteiger charge is -2.09. The standard InChI is InChI=1S/C11H14ClNO/c1-8-5-6-9(4-3-7-13)11(14-2)10(8)12/h3-6H,7,13H2,1-2H3/b4-3+. The molecule has 0 spiro atoms. The van der Waals surface area contributed by atoms with Crippen LogP contribution >= 0.6 is 11.6 Å². The summed E-state index contributed by atoms with van der Waals surface area (Å²) in [6, 6.07) is 3.92. The van der Waals surface area contributed by atoms with Gasteiger partial charge in [-0.25, -0.2) is 0 Å². The van der Waals surface area contributed by atoms with E-state index in [4.69, 9.17) is 22.1 Å². The van der Waals surface area contributed by atoms with Crippen LogP contribution in [-0.4, -0.2) is 13.7 Å². The molecular weight excluding hydrogens is 198 g/mol. The van der Waals surface area contributed by atoms with Crippen LogP contribution in [0, 0.1) is 6.92 Å². The number of methoxy groups -OCH3 is 1. The minimum Gasteiger partial charge on any atom is -0.495 e. The van der Waals surface area contributed by atoms with Crippen molar-refractivity contribution in [2.45, 2.75) is 6.92 Å². The second kappa shape index (κ2) is 5.03. The lowest BCUT2D eigenvalue weighted by molar-refractivity contribution is 0.414. The first-order chi connectivity index (χ1) is 6.70. The maximum absolute atomic E-state index is 6.09. The van der Waals surface area contributed by atoms with Gasteiger partial charge in [-0.2, -0.15) is 0 Å². The second-order valence-electron chi connectivity index (χ2n) is 2.96. The third kappa shape index (κ3) is 2.28. The van der Waals surface area contributed by atoms with E-state index in [0.29, 0.717) is 17.3 Å². The molecule has 0 bridgehead atoms. The van der Waals surface area contributed by atoms with Crippen LogP contribution in [-0.2, 0) is 0 Å². The van der Waals surface area contributed by atoms with E-state index in [9.17, 15) is 0 Å². The summed E-state index contributed by atoms with van der Waals surface area (Å²) < 4.78 is 5.23. The molecular formula is C11H14ClNO. The van der Waals surface area contributed by atoms with Crippen LogP contribution in [0.5, 0.6) is 5.75 Å². The predicted molar refractivity (Wildman–Crippen MR) is 60.8 cm³/mol. The van der Waals surface area contributed by atoms with Gasteiger partial charge in [0.1, 0.15) is 5.75 Å². The normalized spacial score (nSPS) is 10.9. The number of rotatable bonds is 3. The molecule has 0 amide bonds. The van der Waals surface area contributed by atoms with E-state index in [2.05, 4.69) is 0 Å². The Morgan fingerprint density at radius 3 is 2.79 bits per heavy atom. The fraction of sp³-hybridized carbons (Fsp3) is 0.273. The van der Waals surface area contributed by atoms with Crippen molar-refractivity contribution < 1.29 is 4.74 Å². The molecule has 0 radical (unpaired) electrons. The van der Waals surface area contributed by atoms with Crippen LogP contribution in [0.25, 0.3) is 6.08 Å². The number of hydrogen-bond acceptors (Lipinski definition) is 2. The van der Waals surface area contributed by atoms with Gasteiger partial charge in [-0.1, -0.05) is 35.9 Å². The number of benzene rings is 1. The summed E-state index contributed by atoms with van der Waals surface area (Å²) in [7, 11) is 1.61. The van der Waals surface area contributed by atoms with Gasteiger partial charge in [0.25, 0.3) is 0 Å². The second-order valence-corrected chi connectivity index (χ2v) is 3.33. The first-order valence-electron chi connectivity index (χ1n) is 4.40. The Labute approximate surface area is 89.3 Å². The minimum absolute atomic E-state index is 0.509. The molecule has 2 N–H and O–H groups in total. The summed E-state index contributed by atoms with van der Waals surface area (Å²) in [6.45, 7) is 2.45. The summed E-state index contributed by atoms with van der Waals surface area (Å²) in [5.41, 5.74) is 7.34. The Balaban J connectivity index is 3.17. The van der Waals surface area contributed by atoms with E-state index in [1.165, 1.54) is 0 Å². The summed E-state index contributed by atoms with van der Waals surface area (Å²) in [5, 5.41) is 0.659. The third-order valence-corrected chi connectivity index (χ3v) is 2.43. The van der Waals surface area contributed by atoms with Crippen molar-refractivity contribution in [3.05, 3.63) is 34.4 Å². The largest absolute Gasteiger partial charge is 0.495 e. The molecule has 1 aromatic rings. The molecule has 0 saturated carbocycles. The Kier molecular flexibility index (Phi) is 3.98. The van der Waals surface area contributed by atoms with Gasteiger partial charge < -0.3 is 10.5 Å². The van der Waals surface area contributed by atoms with Crippen LogP contribution < -0.4 is 10.5 Å². The fourth-order valence-electron chi connectivity index (χ4n) is 1.20. The topological polar surface area (TPSA) is 35.2 Å². The molecule has 1 rings (SSSR count). The highest BCUT2D eigenvalue weighted by Crippen LogP contribution is 2.32.